The third kappa shape index (κ3) is 1.88. The fourth-order valence-corrected chi connectivity index (χ4v) is 2.66. The van der Waals surface area contributed by atoms with Crippen molar-refractivity contribution in [3.63, 3.8) is 0 Å². The SMILES string of the molecule is COc1ccc2c(c1)COc1cc3ccc(=O)oc3cc1-2. The lowest BCUT2D eigenvalue weighted by atomic mass is 9.96. The lowest BCUT2D eigenvalue weighted by Crippen LogP contribution is -2.06. The Morgan fingerprint density at radius 3 is 2.81 bits per heavy atom. The fraction of sp³-hybridized carbons (Fsp3) is 0.118. The summed E-state index contributed by atoms with van der Waals surface area (Å²) in [7, 11) is 1.64. The second-order valence-corrected chi connectivity index (χ2v) is 4.95. The van der Waals surface area contributed by atoms with E-state index in [1.807, 2.05) is 30.3 Å². The number of benzene rings is 2. The maximum Gasteiger partial charge on any atom is 0.336 e. The standard InChI is InChI=1S/C17H12O4/c1-19-12-3-4-13-11(6-12)9-20-16-7-10-2-5-17(18)21-15(10)8-14(13)16/h2-8H,9H2,1H3. The fourth-order valence-electron chi connectivity index (χ4n) is 2.66. The van der Waals surface area contributed by atoms with Gasteiger partial charge in [-0.05, 0) is 35.9 Å². The van der Waals surface area contributed by atoms with Gasteiger partial charge in [-0.2, -0.15) is 0 Å². The van der Waals surface area contributed by atoms with Gasteiger partial charge in [-0.25, -0.2) is 4.79 Å². The molecule has 1 aliphatic rings. The quantitative estimate of drug-likeness (QED) is 0.641. The van der Waals surface area contributed by atoms with Gasteiger partial charge >= 0.3 is 5.63 Å². The van der Waals surface area contributed by atoms with Crippen LogP contribution in [0.5, 0.6) is 11.5 Å². The largest absolute Gasteiger partial charge is 0.497 e. The smallest absolute Gasteiger partial charge is 0.336 e. The van der Waals surface area contributed by atoms with Gasteiger partial charge in [0.1, 0.15) is 23.7 Å². The maximum atomic E-state index is 11.4. The highest BCUT2D eigenvalue weighted by atomic mass is 16.5. The number of ether oxygens (including phenoxy) is 2. The van der Waals surface area contributed by atoms with Crippen LogP contribution < -0.4 is 15.1 Å². The van der Waals surface area contributed by atoms with Gasteiger partial charge in [-0.3, -0.25) is 0 Å². The van der Waals surface area contributed by atoms with Gasteiger partial charge < -0.3 is 13.9 Å². The van der Waals surface area contributed by atoms with Crippen LogP contribution in [0.15, 0.2) is 51.7 Å². The zero-order chi connectivity index (χ0) is 14.4. The molecule has 2 heterocycles. The number of fused-ring (bicyclic) bond motifs is 4. The Bertz CT molecular complexity index is 908. The second kappa shape index (κ2) is 4.38. The molecule has 0 saturated carbocycles. The molecular formula is C17H12O4. The molecule has 104 valence electrons. The van der Waals surface area contributed by atoms with E-state index < -0.39 is 0 Å². The predicted molar refractivity (Wildman–Crippen MR) is 78.8 cm³/mol. The monoisotopic (exact) mass is 280 g/mol. The van der Waals surface area contributed by atoms with Gasteiger partial charge in [-0.1, -0.05) is 6.07 Å². The molecule has 21 heavy (non-hydrogen) atoms. The van der Waals surface area contributed by atoms with E-state index >= 15 is 0 Å². The summed E-state index contributed by atoms with van der Waals surface area (Å²) >= 11 is 0. The van der Waals surface area contributed by atoms with Gasteiger partial charge in [0.25, 0.3) is 0 Å². The molecule has 1 aliphatic heterocycles. The van der Waals surface area contributed by atoms with Gasteiger partial charge in [0.05, 0.1) is 7.11 Å². The van der Waals surface area contributed by atoms with Crippen LogP contribution in [-0.4, -0.2) is 7.11 Å². The molecule has 0 aliphatic carbocycles. The van der Waals surface area contributed by atoms with Crippen LogP contribution in [0.3, 0.4) is 0 Å². The minimum atomic E-state index is -0.353. The topological polar surface area (TPSA) is 48.7 Å². The highest BCUT2D eigenvalue weighted by Crippen LogP contribution is 2.40. The van der Waals surface area contributed by atoms with Gasteiger partial charge in [0.15, 0.2) is 0 Å². The molecule has 0 bridgehead atoms. The van der Waals surface area contributed by atoms with Crippen LogP contribution in [0.2, 0.25) is 0 Å². The summed E-state index contributed by atoms with van der Waals surface area (Å²) in [5.41, 5.74) is 3.27. The van der Waals surface area contributed by atoms with E-state index in [1.165, 1.54) is 6.07 Å². The van der Waals surface area contributed by atoms with Crippen LogP contribution in [0.4, 0.5) is 0 Å². The Hall–Kier alpha value is -2.75. The average molecular weight is 280 g/mol. The number of methoxy groups -OCH3 is 1. The Morgan fingerprint density at radius 2 is 1.95 bits per heavy atom. The van der Waals surface area contributed by atoms with E-state index in [-0.39, 0.29) is 5.63 Å². The predicted octanol–water partition coefficient (Wildman–Crippen LogP) is 3.36. The van der Waals surface area contributed by atoms with Gasteiger partial charge in [-0.15, -0.1) is 0 Å². The van der Waals surface area contributed by atoms with Crippen LogP contribution >= 0.6 is 0 Å². The Kier molecular flexibility index (Phi) is 2.51. The molecule has 0 N–H and O–H groups in total. The number of hydrogen-bond donors (Lipinski definition) is 0. The third-order valence-electron chi connectivity index (χ3n) is 3.71. The van der Waals surface area contributed by atoms with Gasteiger partial charge in [0.2, 0.25) is 0 Å². The van der Waals surface area contributed by atoms with Crippen LogP contribution in [0, 0.1) is 0 Å². The summed E-state index contributed by atoms with van der Waals surface area (Å²) in [6.07, 6.45) is 0. The zero-order valence-electron chi connectivity index (χ0n) is 11.4. The first-order chi connectivity index (χ1) is 10.2. The summed E-state index contributed by atoms with van der Waals surface area (Å²) in [5.74, 6) is 1.60. The Labute approximate surface area is 120 Å². The van der Waals surface area contributed by atoms with E-state index in [1.54, 1.807) is 13.2 Å². The normalized spacial score (nSPS) is 12.4. The second-order valence-electron chi connectivity index (χ2n) is 4.95. The molecule has 4 rings (SSSR count). The van der Waals surface area contributed by atoms with Crippen molar-refractivity contribution in [2.75, 3.05) is 7.11 Å². The molecule has 4 heteroatoms. The number of hydrogen-bond acceptors (Lipinski definition) is 4. The van der Waals surface area contributed by atoms with Crippen molar-refractivity contribution in [3.8, 4) is 22.6 Å². The van der Waals surface area contributed by atoms with Crippen LogP contribution in [0.1, 0.15) is 5.56 Å². The Balaban J connectivity index is 1.98. The zero-order valence-corrected chi connectivity index (χ0v) is 11.4. The van der Waals surface area contributed by atoms with E-state index in [2.05, 4.69) is 0 Å². The molecule has 0 fully saturated rings. The molecule has 0 atom stereocenters. The van der Waals surface area contributed by atoms with Crippen molar-refractivity contribution in [3.05, 3.63) is 58.4 Å². The average Bonchev–Trinajstić information content (AvgIpc) is 2.52. The van der Waals surface area contributed by atoms with E-state index in [9.17, 15) is 4.79 Å². The van der Waals surface area contributed by atoms with Crippen molar-refractivity contribution >= 4 is 11.0 Å². The van der Waals surface area contributed by atoms with Gasteiger partial charge in [0, 0.05) is 22.6 Å². The van der Waals surface area contributed by atoms with Crippen LogP contribution in [-0.2, 0) is 6.61 Å². The lowest BCUT2D eigenvalue weighted by molar-refractivity contribution is 0.301. The highest BCUT2D eigenvalue weighted by Gasteiger charge is 2.19. The summed E-state index contributed by atoms with van der Waals surface area (Å²) in [6.45, 7) is 0.502. The maximum absolute atomic E-state index is 11.4. The summed E-state index contributed by atoms with van der Waals surface area (Å²) in [4.78, 5) is 11.4. The molecule has 4 nitrogen and oxygen atoms in total. The lowest BCUT2D eigenvalue weighted by Gasteiger charge is -2.21. The first kappa shape index (κ1) is 12.0. The van der Waals surface area contributed by atoms with Crippen molar-refractivity contribution in [2.45, 2.75) is 6.61 Å². The molecule has 1 aromatic heterocycles. The van der Waals surface area contributed by atoms with Crippen molar-refractivity contribution < 1.29 is 13.9 Å². The first-order valence-corrected chi connectivity index (χ1v) is 6.62. The minimum Gasteiger partial charge on any atom is -0.497 e. The first-order valence-electron chi connectivity index (χ1n) is 6.62. The highest BCUT2D eigenvalue weighted by molar-refractivity contribution is 5.88. The molecule has 0 saturated heterocycles. The number of rotatable bonds is 1. The Morgan fingerprint density at radius 1 is 1.05 bits per heavy atom. The molecular weight excluding hydrogens is 268 g/mol. The van der Waals surface area contributed by atoms with Crippen LogP contribution in [0.25, 0.3) is 22.1 Å². The molecule has 0 radical (unpaired) electrons. The molecule has 0 amide bonds. The molecule has 2 aromatic carbocycles. The third-order valence-corrected chi connectivity index (χ3v) is 3.71. The van der Waals surface area contributed by atoms with E-state index in [4.69, 9.17) is 13.9 Å². The summed E-state index contributed by atoms with van der Waals surface area (Å²) in [5, 5.41) is 0.852. The van der Waals surface area contributed by atoms with E-state index in [0.717, 1.165) is 33.6 Å². The molecule has 0 spiro atoms. The van der Waals surface area contributed by atoms with E-state index in [0.29, 0.717) is 12.2 Å². The van der Waals surface area contributed by atoms with Crippen molar-refractivity contribution in [1.29, 1.82) is 0 Å². The van der Waals surface area contributed by atoms with Crippen molar-refractivity contribution in [1.82, 2.24) is 0 Å². The minimum absolute atomic E-state index is 0.353. The van der Waals surface area contributed by atoms with Crippen molar-refractivity contribution in [2.24, 2.45) is 0 Å². The summed E-state index contributed by atoms with van der Waals surface area (Å²) in [6, 6.07) is 12.8. The molecule has 3 aromatic rings. The summed E-state index contributed by atoms with van der Waals surface area (Å²) < 4.78 is 16.3. The molecule has 0 unspecified atom stereocenters.